The van der Waals surface area contributed by atoms with E-state index in [-0.39, 0.29) is 16.5 Å². The maximum Gasteiger partial charge on any atom is 0.0697 e. The molecule has 0 aliphatic heterocycles. The smallest absolute Gasteiger partial charge is 0.0697 e. The standard InChI is InChI=1S/C56H54N2/c1-7-55(6,57(44-26-12-10-13-27-44)52-32-20-24-40-22-16-18-30-46(40)52)42-34-36-48-49-37-35-43(39-51(49)54(4,5)50(48)38-42)56(8-2,9-3)58(45-28-14-11-15-29-45)53-33-21-25-41-23-17-19-31-47(41)53/h10-39H,7-9H2,1-6H3. The zero-order chi connectivity index (χ0) is 40.1. The Bertz CT molecular complexity index is 2730. The van der Waals surface area contributed by atoms with Crippen molar-refractivity contribution in [3.05, 3.63) is 204 Å². The fourth-order valence-electron chi connectivity index (χ4n) is 10.2. The van der Waals surface area contributed by atoms with Crippen LogP contribution in [0.2, 0.25) is 0 Å². The van der Waals surface area contributed by atoms with E-state index in [0.717, 1.165) is 19.3 Å². The lowest BCUT2D eigenvalue weighted by Crippen LogP contribution is -2.43. The maximum atomic E-state index is 2.64. The highest BCUT2D eigenvalue weighted by atomic mass is 15.2. The molecule has 8 aromatic carbocycles. The molecule has 58 heavy (non-hydrogen) atoms. The fourth-order valence-corrected chi connectivity index (χ4v) is 10.2. The minimum Gasteiger partial charge on any atom is -0.331 e. The molecular formula is C56H54N2. The summed E-state index contributed by atoms with van der Waals surface area (Å²) in [7, 11) is 0. The summed E-state index contributed by atoms with van der Waals surface area (Å²) in [5.41, 5.74) is 12.2. The van der Waals surface area contributed by atoms with Gasteiger partial charge in [0, 0.05) is 38.9 Å². The third-order valence-electron chi connectivity index (χ3n) is 13.7. The molecule has 0 radical (unpaired) electrons. The highest BCUT2D eigenvalue weighted by Gasteiger charge is 2.43. The van der Waals surface area contributed by atoms with Gasteiger partial charge in [-0.3, -0.25) is 0 Å². The lowest BCUT2D eigenvalue weighted by molar-refractivity contribution is 0.403. The first-order valence-electron chi connectivity index (χ1n) is 21.2. The second-order valence-corrected chi connectivity index (χ2v) is 16.9. The summed E-state index contributed by atoms with van der Waals surface area (Å²) in [4.78, 5) is 5.23. The van der Waals surface area contributed by atoms with Crippen LogP contribution in [0.25, 0.3) is 32.7 Å². The highest BCUT2D eigenvalue weighted by molar-refractivity contribution is 5.98. The van der Waals surface area contributed by atoms with Crippen LogP contribution in [0.5, 0.6) is 0 Å². The van der Waals surface area contributed by atoms with Crippen molar-refractivity contribution in [2.45, 2.75) is 77.3 Å². The zero-order valence-corrected chi connectivity index (χ0v) is 34.8. The molecule has 9 rings (SSSR count). The number of hydrogen-bond acceptors (Lipinski definition) is 2. The zero-order valence-electron chi connectivity index (χ0n) is 34.8. The molecule has 1 aliphatic rings. The van der Waals surface area contributed by atoms with E-state index in [0.29, 0.717) is 0 Å². The van der Waals surface area contributed by atoms with Gasteiger partial charge < -0.3 is 9.80 Å². The van der Waals surface area contributed by atoms with Crippen LogP contribution >= 0.6 is 0 Å². The molecule has 0 aromatic heterocycles. The number of rotatable bonds is 11. The summed E-state index contributed by atoms with van der Waals surface area (Å²) in [6, 6.07) is 67.8. The number of nitrogens with zero attached hydrogens (tertiary/aromatic N) is 2. The van der Waals surface area contributed by atoms with Crippen molar-refractivity contribution >= 4 is 44.3 Å². The number of para-hydroxylation sites is 2. The lowest BCUT2D eigenvalue weighted by atomic mass is 9.76. The van der Waals surface area contributed by atoms with Crippen molar-refractivity contribution in [3.8, 4) is 11.1 Å². The van der Waals surface area contributed by atoms with Gasteiger partial charge >= 0.3 is 0 Å². The largest absolute Gasteiger partial charge is 0.331 e. The monoisotopic (exact) mass is 754 g/mol. The van der Waals surface area contributed by atoms with Gasteiger partial charge in [-0.25, -0.2) is 0 Å². The minimum atomic E-state index is -0.329. The first kappa shape index (κ1) is 37.5. The molecule has 2 nitrogen and oxygen atoms in total. The van der Waals surface area contributed by atoms with Crippen molar-refractivity contribution in [2.75, 3.05) is 9.80 Å². The Kier molecular flexibility index (Phi) is 9.48. The Morgan fingerprint density at radius 3 is 1.38 bits per heavy atom. The third-order valence-corrected chi connectivity index (χ3v) is 13.7. The van der Waals surface area contributed by atoms with Crippen LogP contribution in [0.15, 0.2) is 182 Å². The Morgan fingerprint density at radius 1 is 0.431 bits per heavy atom. The summed E-state index contributed by atoms with van der Waals surface area (Å²) in [5, 5.41) is 5.04. The number of benzene rings is 8. The number of anilines is 4. The SMILES string of the molecule is CCC(C)(c1ccc2c(c1)C(C)(C)c1cc(C(CC)(CC)N(c3ccccc3)c3cccc4ccccc34)ccc1-2)N(c1ccccc1)c1cccc2ccccc12. The fraction of sp³-hybridized carbons (Fsp3) is 0.214. The normalized spacial score (nSPS) is 14.2. The molecular weight excluding hydrogens is 701 g/mol. The molecule has 0 N–H and O–H groups in total. The van der Waals surface area contributed by atoms with Gasteiger partial charge in [0.25, 0.3) is 0 Å². The molecule has 0 amide bonds. The summed E-state index contributed by atoms with van der Waals surface area (Å²) in [6.07, 6.45) is 2.84. The van der Waals surface area contributed by atoms with Gasteiger partial charge in [-0.15, -0.1) is 0 Å². The molecule has 1 atom stereocenters. The first-order chi connectivity index (χ1) is 28.2. The third kappa shape index (κ3) is 5.84. The molecule has 0 saturated carbocycles. The van der Waals surface area contributed by atoms with Crippen LogP contribution in [-0.2, 0) is 16.5 Å². The quantitative estimate of drug-likeness (QED) is 0.130. The van der Waals surface area contributed by atoms with Crippen molar-refractivity contribution < 1.29 is 0 Å². The number of fused-ring (bicyclic) bond motifs is 5. The summed E-state index contributed by atoms with van der Waals surface area (Å²) in [6.45, 7) is 14.4. The summed E-state index contributed by atoms with van der Waals surface area (Å²) >= 11 is 0. The number of hydrogen-bond donors (Lipinski definition) is 0. The van der Waals surface area contributed by atoms with Crippen molar-refractivity contribution in [3.63, 3.8) is 0 Å². The van der Waals surface area contributed by atoms with E-state index in [4.69, 9.17) is 0 Å². The van der Waals surface area contributed by atoms with Crippen LogP contribution in [0.1, 0.15) is 83.1 Å². The molecule has 0 heterocycles. The highest BCUT2D eigenvalue weighted by Crippen LogP contribution is 2.54. The molecule has 0 saturated heterocycles. The molecule has 288 valence electrons. The van der Waals surface area contributed by atoms with Gasteiger partial charge in [-0.2, -0.15) is 0 Å². The van der Waals surface area contributed by atoms with Crippen LogP contribution in [0.3, 0.4) is 0 Å². The average Bonchev–Trinajstić information content (AvgIpc) is 3.51. The van der Waals surface area contributed by atoms with Gasteiger partial charge in [0.15, 0.2) is 0 Å². The Balaban J connectivity index is 1.18. The van der Waals surface area contributed by atoms with E-state index < -0.39 is 0 Å². The summed E-state index contributed by atoms with van der Waals surface area (Å²) in [5.74, 6) is 0. The van der Waals surface area contributed by atoms with E-state index >= 15 is 0 Å². The van der Waals surface area contributed by atoms with Crippen LogP contribution in [-0.4, -0.2) is 0 Å². The predicted octanol–water partition coefficient (Wildman–Crippen LogP) is 15.6. The van der Waals surface area contributed by atoms with Crippen LogP contribution in [0.4, 0.5) is 22.7 Å². The average molecular weight is 755 g/mol. The Hall–Kier alpha value is -6.12. The minimum absolute atomic E-state index is 0.202. The molecule has 0 spiro atoms. The molecule has 0 fully saturated rings. The first-order valence-corrected chi connectivity index (χ1v) is 21.2. The molecule has 1 aliphatic carbocycles. The van der Waals surface area contributed by atoms with Gasteiger partial charge in [-0.1, -0.05) is 180 Å². The molecule has 0 bridgehead atoms. The molecule has 2 heteroatoms. The van der Waals surface area contributed by atoms with Crippen molar-refractivity contribution in [1.29, 1.82) is 0 Å². The predicted molar refractivity (Wildman–Crippen MR) is 249 cm³/mol. The summed E-state index contributed by atoms with van der Waals surface area (Å²) < 4.78 is 0. The second-order valence-electron chi connectivity index (χ2n) is 16.9. The van der Waals surface area contributed by atoms with Gasteiger partial charge in [0.2, 0.25) is 0 Å². The second kappa shape index (κ2) is 14.7. The van der Waals surface area contributed by atoms with E-state index in [1.165, 1.54) is 77.7 Å². The lowest BCUT2D eigenvalue weighted by Gasteiger charge is -2.46. The van der Waals surface area contributed by atoms with E-state index in [2.05, 4.69) is 233 Å². The van der Waals surface area contributed by atoms with Crippen LogP contribution < -0.4 is 9.80 Å². The van der Waals surface area contributed by atoms with Crippen LogP contribution in [0, 0.1) is 0 Å². The molecule has 8 aromatic rings. The van der Waals surface area contributed by atoms with Gasteiger partial charge in [0.1, 0.15) is 0 Å². The van der Waals surface area contributed by atoms with Crippen molar-refractivity contribution in [1.82, 2.24) is 0 Å². The van der Waals surface area contributed by atoms with Gasteiger partial charge in [-0.05, 0) is 107 Å². The molecule has 1 unspecified atom stereocenters. The van der Waals surface area contributed by atoms with Gasteiger partial charge in [0.05, 0.1) is 11.1 Å². The Labute approximate surface area is 345 Å². The Morgan fingerprint density at radius 2 is 0.862 bits per heavy atom. The van der Waals surface area contributed by atoms with E-state index in [1.807, 2.05) is 0 Å². The van der Waals surface area contributed by atoms with Crippen molar-refractivity contribution in [2.24, 2.45) is 0 Å². The van der Waals surface area contributed by atoms with E-state index in [9.17, 15) is 0 Å². The topological polar surface area (TPSA) is 6.48 Å². The van der Waals surface area contributed by atoms with E-state index in [1.54, 1.807) is 0 Å². The maximum absolute atomic E-state index is 2.64.